The van der Waals surface area contributed by atoms with Gasteiger partial charge in [-0.2, -0.15) is 0 Å². The predicted octanol–water partition coefficient (Wildman–Crippen LogP) is 1.86. The Labute approximate surface area is 202 Å². The normalized spacial score (nSPS) is 28.9. The molecule has 3 aliphatic heterocycles. The van der Waals surface area contributed by atoms with Crippen LogP contribution >= 0.6 is 0 Å². The number of hydrogen-bond donors (Lipinski definition) is 1. The maximum absolute atomic E-state index is 13.3. The molecule has 2 fully saturated rings. The SMILES string of the molecule is [2H]C([2H])(Oc1cccc2c1C([2H])([2H])N([C@]1([2H])CCC(=O)NC1=O)C2=O)c1ccc(C([2H])([2H])N2CCOCC2)cc1. The highest BCUT2D eigenvalue weighted by molar-refractivity contribution is 6.05. The average molecular weight is 457 g/mol. The third-order valence-electron chi connectivity index (χ3n) is 5.52. The lowest BCUT2D eigenvalue weighted by Crippen LogP contribution is -2.52. The number of rotatable bonds is 6. The minimum absolute atomic E-state index is 0.0236. The molecular weight excluding hydrogens is 422 g/mol. The zero-order chi connectivity index (χ0) is 29.1. The van der Waals surface area contributed by atoms with Crippen LogP contribution in [-0.4, -0.2) is 59.8 Å². The van der Waals surface area contributed by atoms with Gasteiger partial charge < -0.3 is 14.4 Å². The summed E-state index contributed by atoms with van der Waals surface area (Å²) < 4.78 is 71.3. The Morgan fingerprint density at radius 2 is 1.88 bits per heavy atom. The highest BCUT2D eigenvalue weighted by Crippen LogP contribution is 2.34. The van der Waals surface area contributed by atoms with Crippen LogP contribution in [0, 0.1) is 0 Å². The lowest BCUT2D eigenvalue weighted by molar-refractivity contribution is -0.136. The molecule has 33 heavy (non-hydrogen) atoms. The summed E-state index contributed by atoms with van der Waals surface area (Å²) in [5.74, 6) is -3.00. The van der Waals surface area contributed by atoms with Crippen molar-refractivity contribution in [2.24, 2.45) is 0 Å². The average Bonchev–Trinajstić information content (AvgIpc) is 3.12. The third kappa shape index (κ3) is 4.62. The van der Waals surface area contributed by atoms with Crippen LogP contribution in [0.15, 0.2) is 42.5 Å². The first kappa shape index (κ1) is 14.8. The highest BCUT2D eigenvalue weighted by Gasteiger charge is 2.40. The van der Waals surface area contributed by atoms with Crippen LogP contribution < -0.4 is 10.1 Å². The van der Waals surface area contributed by atoms with Crippen LogP contribution in [-0.2, 0) is 33.9 Å². The molecule has 0 unspecified atom stereocenters. The molecule has 0 saturated carbocycles. The van der Waals surface area contributed by atoms with Gasteiger partial charge in [0, 0.05) is 39.9 Å². The van der Waals surface area contributed by atoms with Crippen molar-refractivity contribution in [3.63, 3.8) is 0 Å². The third-order valence-corrected chi connectivity index (χ3v) is 5.52. The molecule has 2 aromatic carbocycles. The zero-order valence-corrected chi connectivity index (χ0v) is 17.7. The number of morpholine rings is 1. The molecule has 5 rings (SSSR count). The number of fused-ring (bicyclic) bond motifs is 1. The molecule has 2 saturated heterocycles. The van der Waals surface area contributed by atoms with Crippen LogP contribution in [0.25, 0.3) is 0 Å². The molecule has 3 heterocycles. The molecule has 8 nitrogen and oxygen atoms in total. The van der Waals surface area contributed by atoms with Crippen LogP contribution in [0.1, 0.15) is 49.5 Å². The van der Waals surface area contributed by atoms with E-state index in [1.54, 1.807) is 4.90 Å². The maximum Gasteiger partial charge on any atom is 0.255 e. The number of benzene rings is 2. The summed E-state index contributed by atoms with van der Waals surface area (Å²) in [7, 11) is 0. The van der Waals surface area contributed by atoms with Gasteiger partial charge in [0.2, 0.25) is 11.8 Å². The molecule has 1 atom stereocenters. The summed E-state index contributed by atoms with van der Waals surface area (Å²) in [4.78, 5) is 39.6. The second-order valence-electron chi connectivity index (χ2n) is 7.75. The Bertz CT molecular complexity index is 1370. The van der Waals surface area contributed by atoms with Crippen molar-refractivity contribution in [2.45, 2.75) is 38.4 Å². The Morgan fingerprint density at radius 3 is 2.64 bits per heavy atom. The number of piperidine rings is 1. The fourth-order valence-electron chi connectivity index (χ4n) is 3.79. The molecule has 0 aliphatic carbocycles. The van der Waals surface area contributed by atoms with Gasteiger partial charge in [-0.25, -0.2) is 0 Å². The van der Waals surface area contributed by atoms with Crippen LogP contribution in [0.5, 0.6) is 5.75 Å². The quantitative estimate of drug-likeness (QED) is 0.668. The van der Waals surface area contributed by atoms with E-state index in [-0.39, 0.29) is 28.9 Å². The Hall–Kier alpha value is -3.23. The second kappa shape index (κ2) is 9.33. The van der Waals surface area contributed by atoms with E-state index in [0.29, 0.717) is 36.8 Å². The van der Waals surface area contributed by atoms with Gasteiger partial charge in [0.15, 0.2) is 0 Å². The molecule has 8 heteroatoms. The van der Waals surface area contributed by atoms with Gasteiger partial charge in [-0.3, -0.25) is 24.6 Å². The number of nitrogens with one attached hydrogen (secondary N) is 1. The monoisotopic (exact) mass is 456 g/mol. The molecule has 1 N–H and O–H groups in total. The Morgan fingerprint density at radius 1 is 1.12 bits per heavy atom. The van der Waals surface area contributed by atoms with E-state index >= 15 is 0 Å². The van der Waals surface area contributed by atoms with E-state index in [9.17, 15) is 14.4 Å². The summed E-state index contributed by atoms with van der Waals surface area (Å²) >= 11 is 0. The van der Waals surface area contributed by atoms with E-state index in [4.69, 9.17) is 19.1 Å². The summed E-state index contributed by atoms with van der Waals surface area (Å²) in [5, 5.41) is 1.99. The summed E-state index contributed by atoms with van der Waals surface area (Å²) in [6.07, 6.45) is -0.658. The number of imide groups is 1. The zero-order valence-electron chi connectivity index (χ0n) is 24.7. The van der Waals surface area contributed by atoms with Crippen molar-refractivity contribution in [3.05, 3.63) is 64.7 Å². The first-order valence-corrected chi connectivity index (χ1v) is 10.6. The van der Waals surface area contributed by atoms with Gasteiger partial charge in [0.05, 0.1) is 26.6 Å². The van der Waals surface area contributed by atoms with Crippen LogP contribution in [0.2, 0.25) is 0 Å². The van der Waals surface area contributed by atoms with E-state index in [0.717, 1.165) is 0 Å². The fourth-order valence-corrected chi connectivity index (χ4v) is 3.79. The van der Waals surface area contributed by atoms with Crippen molar-refractivity contribution in [3.8, 4) is 5.75 Å². The van der Waals surface area contributed by atoms with Crippen LogP contribution in [0.4, 0.5) is 0 Å². The number of nitrogens with zero attached hydrogens (tertiary/aromatic N) is 2. The molecular formula is C25H27N3O5. The molecule has 3 aliphatic rings. The predicted molar refractivity (Wildman–Crippen MR) is 119 cm³/mol. The van der Waals surface area contributed by atoms with Crippen molar-refractivity contribution in [1.82, 2.24) is 15.1 Å². The molecule has 0 spiro atoms. The van der Waals surface area contributed by atoms with E-state index in [1.165, 1.54) is 42.5 Å². The molecule has 0 aromatic heterocycles. The number of carbonyl (C=O) groups is 3. The number of amides is 3. The summed E-state index contributed by atoms with van der Waals surface area (Å²) in [5.41, 5.74) is -0.184. The molecule has 0 radical (unpaired) electrons. The standard InChI is InChI=1S/C25H27N3O5/c29-23-9-8-21(24(30)26-23)28-15-20-19(25(28)31)2-1-3-22(20)33-16-18-6-4-17(5-7-18)14-27-10-12-32-13-11-27/h1-7,21H,8-16H2,(H,26,29,30)/t21-/m1/s1/i14D2,15D2,16D2,21D. The first-order valence-electron chi connectivity index (χ1n) is 14.1. The largest absolute Gasteiger partial charge is 0.489 e. The van der Waals surface area contributed by atoms with Crippen molar-refractivity contribution >= 4 is 17.7 Å². The first-order chi connectivity index (χ1) is 18.7. The minimum atomic E-state index is -2.74. The fraction of sp³-hybridized carbons (Fsp3) is 0.400. The molecule has 172 valence electrons. The van der Waals surface area contributed by atoms with E-state index in [2.05, 4.69) is 0 Å². The lowest BCUT2D eigenvalue weighted by atomic mass is 10.0. The van der Waals surface area contributed by atoms with Crippen molar-refractivity contribution in [2.75, 3.05) is 26.3 Å². The number of carbonyl (C=O) groups excluding carboxylic acids is 3. The number of ether oxygens (including phenoxy) is 2. The smallest absolute Gasteiger partial charge is 0.255 e. The van der Waals surface area contributed by atoms with Gasteiger partial charge in [-0.15, -0.1) is 0 Å². The Kier molecular flexibility index (Phi) is 4.19. The van der Waals surface area contributed by atoms with Gasteiger partial charge >= 0.3 is 0 Å². The number of hydrogen-bond acceptors (Lipinski definition) is 6. The molecule has 3 amide bonds. The van der Waals surface area contributed by atoms with Gasteiger partial charge in [0.25, 0.3) is 5.91 Å². The maximum atomic E-state index is 13.3. The van der Waals surface area contributed by atoms with E-state index < -0.39 is 49.7 Å². The van der Waals surface area contributed by atoms with E-state index in [1.807, 2.05) is 5.32 Å². The summed E-state index contributed by atoms with van der Waals surface area (Å²) in [6, 6.07) is 7.24. The molecule has 0 bridgehead atoms. The Balaban J connectivity index is 1.43. The van der Waals surface area contributed by atoms with Gasteiger partial charge in [-0.05, 0) is 29.7 Å². The van der Waals surface area contributed by atoms with Crippen molar-refractivity contribution < 1.29 is 33.5 Å². The topological polar surface area (TPSA) is 88.2 Å². The second-order valence-corrected chi connectivity index (χ2v) is 7.75. The van der Waals surface area contributed by atoms with Crippen LogP contribution in [0.3, 0.4) is 0 Å². The van der Waals surface area contributed by atoms with Gasteiger partial charge in [-0.1, -0.05) is 30.3 Å². The highest BCUT2D eigenvalue weighted by atomic mass is 16.5. The van der Waals surface area contributed by atoms with Gasteiger partial charge in [0.1, 0.15) is 18.3 Å². The lowest BCUT2D eigenvalue weighted by Gasteiger charge is -2.29. The summed E-state index contributed by atoms with van der Waals surface area (Å²) in [6.45, 7) is -5.44. The van der Waals surface area contributed by atoms with Crippen molar-refractivity contribution in [1.29, 1.82) is 0 Å². The minimum Gasteiger partial charge on any atom is -0.489 e. The molecule has 2 aromatic rings.